The summed E-state index contributed by atoms with van der Waals surface area (Å²) in [6.07, 6.45) is 6.53. The molecule has 9 heavy (non-hydrogen) atoms. The SMILES string of the molecule is C=CCc1[c]n(O)nc1. The first-order valence-electron chi connectivity index (χ1n) is 2.59. The predicted molar refractivity (Wildman–Crippen MR) is 32.1 cm³/mol. The van der Waals surface area contributed by atoms with Crippen molar-refractivity contribution >= 4 is 0 Å². The third-order valence-electron chi connectivity index (χ3n) is 0.931. The number of nitrogens with zero attached hydrogens (tertiary/aromatic N) is 2. The lowest BCUT2D eigenvalue weighted by Crippen LogP contribution is -1.87. The van der Waals surface area contributed by atoms with E-state index in [2.05, 4.69) is 17.9 Å². The van der Waals surface area contributed by atoms with Gasteiger partial charge in [0.2, 0.25) is 0 Å². The molecule has 0 spiro atoms. The zero-order valence-electron chi connectivity index (χ0n) is 4.91. The molecule has 1 aromatic heterocycles. The van der Waals surface area contributed by atoms with E-state index in [9.17, 15) is 0 Å². The van der Waals surface area contributed by atoms with Crippen molar-refractivity contribution in [3.05, 3.63) is 30.6 Å². The smallest absolute Gasteiger partial charge is 0.135 e. The predicted octanol–water partition coefficient (Wildman–Crippen LogP) is 0.649. The summed E-state index contributed by atoms with van der Waals surface area (Å²) in [4.78, 5) is 0.666. The lowest BCUT2D eigenvalue weighted by Gasteiger charge is -1.81. The first-order chi connectivity index (χ1) is 4.33. The van der Waals surface area contributed by atoms with Crippen LogP contribution in [-0.4, -0.2) is 15.2 Å². The molecule has 1 radical (unpaired) electrons. The van der Waals surface area contributed by atoms with Crippen molar-refractivity contribution in [2.45, 2.75) is 6.42 Å². The van der Waals surface area contributed by atoms with Crippen molar-refractivity contribution in [3.63, 3.8) is 0 Å². The molecule has 0 aliphatic carbocycles. The molecule has 47 valence electrons. The van der Waals surface area contributed by atoms with E-state index in [0.717, 1.165) is 5.56 Å². The lowest BCUT2D eigenvalue weighted by molar-refractivity contribution is 0.146. The standard InChI is InChI=1S/C6H7N2O/c1-2-3-6-4-7-8(9)5-6/h2,4,9H,1,3H2. The van der Waals surface area contributed by atoms with Crippen LogP contribution >= 0.6 is 0 Å². The van der Waals surface area contributed by atoms with Gasteiger partial charge in [-0.05, 0) is 6.42 Å². The molecule has 0 bridgehead atoms. The minimum absolute atomic E-state index is 0.666. The quantitative estimate of drug-likeness (QED) is 0.463. The van der Waals surface area contributed by atoms with Crippen LogP contribution in [0, 0.1) is 6.20 Å². The second-order valence-electron chi connectivity index (χ2n) is 1.66. The van der Waals surface area contributed by atoms with Crippen molar-refractivity contribution in [2.24, 2.45) is 0 Å². The third kappa shape index (κ3) is 1.32. The molecule has 0 unspecified atom stereocenters. The van der Waals surface area contributed by atoms with Gasteiger partial charge in [0.25, 0.3) is 0 Å². The number of allylic oxidation sites excluding steroid dienone is 1. The third-order valence-corrected chi connectivity index (χ3v) is 0.931. The van der Waals surface area contributed by atoms with Crippen LogP contribution in [0.1, 0.15) is 5.56 Å². The Morgan fingerprint density at radius 3 is 3.22 bits per heavy atom. The highest BCUT2D eigenvalue weighted by Crippen LogP contribution is 1.94. The normalized spacial score (nSPS) is 9.33. The highest BCUT2D eigenvalue weighted by Gasteiger charge is 1.92. The molecular formula is C6H7N2O. The zero-order chi connectivity index (χ0) is 6.69. The first-order valence-corrected chi connectivity index (χ1v) is 2.59. The number of hydrogen-bond acceptors (Lipinski definition) is 2. The summed E-state index contributed by atoms with van der Waals surface area (Å²) in [6.45, 7) is 3.53. The maximum Gasteiger partial charge on any atom is 0.135 e. The lowest BCUT2D eigenvalue weighted by atomic mass is 10.3. The molecule has 3 heteroatoms. The second-order valence-corrected chi connectivity index (χ2v) is 1.66. The van der Waals surface area contributed by atoms with Crippen LogP contribution in [0.5, 0.6) is 0 Å². The van der Waals surface area contributed by atoms with Crippen LogP contribution in [0.3, 0.4) is 0 Å². The minimum Gasteiger partial charge on any atom is -0.411 e. The molecule has 0 fully saturated rings. The van der Waals surface area contributed by atoms with Gasteiger partial charge in [-0.3, -0.25) is 0 Å². The van der Waals surface area contributed by atoms with Gasteiger partial charge in [0, 0.05) is 5.56 Å². The first kappa shape index (κ1) is 5.88. The van der Waals surface area contributed by atoms with Crippen LogP contribution in [0.15, 0.2) is 18.9 Å². The summed E-state index contributed by atoms with van der Waals surface area (Å²) in [5.74, 6) is 0. The Hall–Kier alpha value is -1.25. The van der Waals surface area contributed by atoms with Gasteiger partial charge in [-0.15, -0.1) is 11.7 Å². The molecular weight excluding hydrogens is 116 g/mol. The molecule has 0 saturated heterocycles. The fraction of sp³-hybridized carbons (Fsp3) is 0.167. The Morgan fingerprint density at radius 1 is 2.00 bits per heavy atom. The molecule has 1 N–H and O–H groups in total. The van der Waals surface area contributed by atoms with Crippen LogP contribution in [0.4, 0.5) is 0 Å². The average Bonchev–Trinajstić information content (AvgIpc) is 2.17. The van der Waals surface area contributed by atoms with Crippen LogP contribution in [-0.2, 0) is 6.42 Å². The van der Waals surface area contributed by atoms with Gasteiger partial charge in [-0.25, -0.2) is 0 Å². The fourth-order valence-electron chi connectivity index (χ4n) is 0.564. The minimum atomic E-state index is 0.666. The summed E-state index contributed by atoms with van der Waals surface area (Å²) >= 11 is 0. The topological polar surface area (TPSA) is 38.0 Å². The Morgan fingerprint density at radius 2 is 2.78 bits per heavy atom. The van der Waals surface area contributed by atoms with Gasteiger partial charge in [-0.1, -0.05) is 10.9 Å². The number of aromatic nitrogens is 2. The van der Waals surface area contributed by atoms with E-state index in [0.29, 0.717) is 11.3 Å². The Labute approximate surface area is 53.2 Å². The second kappa shape index (κ2) is 2.35. The van der Waals surface area contributed by atoms with Crippen molar-refractivity contribution < 1.29 is 5.21 Å². The summed E-state index contributed by atoms with van der Waals surface area (Å²) in [5, 5.41) is 12.1. The molecule has 0 aromatic carbocycles. The van der Waals surface area contributed by atoms with Crippen LogP contribution < -0.4 is 0 Å². The monoisotopic (exact) mass is 123 g/mol. The van der Waals surface area contributed by atoms with Crippen LogP contribution in [0.2, 0.25) is 0 Å². The average molecular weight is 123 g/mol. The van der Waals surface area contributed by atoms with Gasteiger partial charge in [-0.2, -0.15) is 0 Å². The van der Waals surface area contributed by atoms with E-state index in [4.69, 9.17) is 5.21 Å². The summed E-state index contributed by atoms with van der Waals surface area (Å²) < 4.78 is 0. The maximum atomic E-state index is 8.60. The highest BCUT2D eigenvalue weighted by atomic mass is 16.5. The molecule has 0 atom stereocenters. The molecule has 0 aliphatic rings. The molecule has 0 aliphatic heterocycles. The van der Waals surface area contributed by atoms with Crippen molar-refractivity contribution in [2.75, 3.05) is 0 Å². The van der Waals surface area contributed by atoms with E-state index >= 15 is 0 Å². The summed E-state index contributed by atoms with van der Waals surface area (Å²) in [7, 11) is 0. The zero-order valence-corrected chi connectivity index (χ0v) is 4.91. The number of rotatable bonds is 2. The van der Waals surface area contributed by atoms with E-state index < -0.39 is 0 Å². The molecule has 1 rings (SSSR count). The van der Waals surface area contributed by atoms with Gasteiger partial charge in [0.1, 0.15) is 6.20 Å². The molecule has 3 nitrogen and oxygen atoms in total. The summed E-state index contributed by atoms with van der Waals surface area (Å²) in [6, 6.07) is 0. The molecule has 1 aromatic rings. The van der Waals surface area contributed by atoms with Gasteiger partial charge < -0.3 is 5.21 Å². The van der Waals surface area contributed by atoms with E-state index in [1.807, 2.05) is 0 Å². The Balaban J connectivity index is 2.72. The van der Waals surface area contributed by atoms with Gasteiger partial charge in [0.15, 0.2) is 0 Å². The summed E-state index contributed by atoms with van der Waals surface area (Å²) in [5.41, 5.74) is 0.840. The van der Waals surface area contributed by atoms with E-state index in [1.165, 1.54) is 0 Å². The van der Waals surface area contributed by atoms with Crippen molar-refractivity contribution in [1.82, 2.24) is 9.94 Å². The van der Waals surface area contributed by atoms with Crippen molar-refractivity contribution in [3.8, 4) is 0 Å². The van der Waals surface area contributed by atoms with Gasteiger partial charge in [0.05, 0.1) is 6.20 Å². The highest BCUT2D eigenvalue weighted by molar-refractivity contribution is 5.05. The van der Waals surface area contributed by atoms with Crippen LogP contribution in [0.25, 0.3) is 0 Å². The largest absolute Gasteiger partial charge is 0.411 e. The molecule has 0 amide bonds. The molecule has 1 heterocycles. The fourth-order valence-corrected chi connectivity index (χ4v) is 0.564. The Bertz CT molecular complexity index is 205. The van der Waals surface area contributed by atoms with E-state index in [1.54, 1.807) is 12.3 Å². The van der Waals surface area contributed by atoms with Crippen molar-refractivity contribution in [1.29, 1.82) is 0 Å². The molecule has 0 saturated carbocycles. The maximum absolute atomic E-state index is 8.60. The van der Waals surface area contributed by atoms with Gasteiger partial charge >= 0.3 is 0 Å². The van der Waals surface area contributed by atoms with E-state index in [-0.39, 0.29) is 0 Å². The number of hydrogen-bond donors (Lipinski definition) is 1. The Kier molecular flexibility index (Phi) is 1.53.